The molecule has 10 heteroatoms. The zero-order valence-corrected chi connectivity index (χ0v) is 18.2. The molecule has 1 spiro atoms. The standard InChI is InChI=1S/C20H26F3NO5S/c1-13-6-5-7-14-16(13)15(29-30(26,27)20(21,22)23)12-19(14)8-10-24(11-9-19)17(25)28-18(2,3)4/h5,7,12-13H,6,8-11H2,1-4H3. The summed E-state index contributed by atoms with van der Waals surface area (Å²) >= 11 is 0. The van der Waals surface area contributed by atoms with Gasteiger partial charge >= 0.3 is 21.7 Å². The fourth-order valence-corrected chi connectivity index (χ4v) is 4.61. The minimum Gasteiger partial charge on any atom is -0.444 e. The topological polar surface area (TPSA) is 72.9 Å². The lowest BCUT2D eigenvalue weighted by Gasteiger charge is -2.40. The number of alkyl halides is 3. The van der Waals surface area contributed by atoms with E-state index in [0.29, 0.717) is 37.9 Å². The van der Waals surface area contributed by atoms with E-state index in [4.69, 9.17) is 4.74 Å². The van der Waals surface area contributed by atoms with Crippen molar-refractivity contribution >= 4 is 16.2 Å². The van der Waals surface area contributed by atoms with E-state index in [-0.39, 0.29) is 11.7 Å². The molecule has 2 aliphatic carbocycles. The van der Waals surface area contributed by atoms with Gasteiger partial charge in [0.25, 0.3) is 0 Å². The number of carbonyl (C=O) groups excluding carboxylic acids is 1. The smallest absolute Gasteiger partial charge is 0.444 e. The molecule has 1 heterocycles. The molecule has 0 saturated carbocycles. The average molecular weight is 449 g/mol. The molecule has 30 heavy (non-hydrogen) atoms. The summed E-state index contributed by atoms with van der Waals surface area (Å²) in [7, 11) is -5.77. The number of piperidine rings is 1. The third-order valence-corrected chi connectivity index (χ3v) is 6.52. The second-order valence-corrected chi connectivity index (χ2v) is 10.5. The predicted molar refractivity (Wildman–Crippen MR) is 104 cm³/mol. The number of ether oxygens (including phenoxy) is 1. The Balaban J connectivity index is 1.88. The van der Waals surface area contributed by atoms with Crippen molar-refractivity contribution in [3.05, 3.63) is 35.1 Å². The second-order valence-electron chi connectivity index (χ2n) is 8.98. The summed E-state index contributed by atoms with van der Waals surface area (Å²) in [6.45, 7) is 7.81. The number of rotatable bonds is 2. The van der Waals surface area contributed by atoms with Crippen LogP contribution in [0.15, 0.2) is 35.1 Å². The van der Waals surface area contributed by atoms with E-state index in [0.717, 1.165) is 5.57 Å². The number of hydrogen-bond donors (Lipinski definition) is 0. The lowest BCUT2D eigenvalue weighted by molar-refractivity contribution is -0.0521. The molecule has 168 valence electrons. The molecule has 1 fully saturated rings. The molecule has 6 nitrogen and oxygen atoms in total. The maximum absolute atomic E-state index is 12.9. The highest BCUT2D eigenvalue weighted by molar-refractivity contribution is 7.87. The Morgan fingerprint density at radius 3 is 2.33 bits per heavy atom. The van der Waals surface area contributed by atoms with Gasteiger partial charge in [0.1, 0.15) is 11.4 Å². The maximum atomic E-state index is 12.9. The Labute approximate surface area is 174 Å². The summed E-state index contributed by atoms with van der Waals surface area (Å²) in [5.74, 6) is -0.423. The quantitative estimate of drug-likeness (QED) is 0.453. The van der Waals surface area contributed by atoms with Crippen LogP contribution in [0.1, 0.15) is 47.0 Å². The first-order valence-electron chi connectivity index (χ1n) is 9.78. The SMILES string of the molecule is CC1CC=CC2=C1C(OS(=O)(=O)C(F)(F)F)=CC21CCN(C(=O)OC(C)(C)C)CC1. The highest BCUT2D eigenvalue weighted by Crippen LogP contribution is 2.53. The van der Waals surface area contributed by atoms with E-state index in [1.165, 1.54) is 6.08 Å². The molecule has 1 aliphatic heterocycles. The van der Waals surface area contributed by atoms with Gasteiger partial charge < -0.3 is 13.8 Å². The van der Waals surface area contributed by atoms with E-state index in [1.807, 2.05) is 19.1 Å². The molecule has 1 unspecified atom stereocenters. The van der Waals surface area contributed by atoms with Crippen LogP contribution in [0.2, 0.25) is 0 Å². The molecule has 0 aromatic carbocycles. The van der Waals surface area contributed by atoms with Crippen LogP contribution in [0.4, 0.5) is 18.0 Å². The summed E-state index contributed by atoms with van der Waals surface area (Å²) in [6, 6.07) is 0. The number of amides is 1. The van der Waals surface area contributed by atoms with Gasteiger partial charge in [-0.25, -0.2) is 4.79 Å². The van der Waals surface area contributed by atoms with Crippen LogP contribution < -0.4 is 0 Å². The van der Waals surface area contributed by atoms with Gasteiger partial charge in [-0.1, -0.05) is 19.1 Å². The maximum Gasteiger partial charge on any atom is 0.534 e. The van der Waals surface area contributed by atoms with Crippen molar-refractivity contribution in [2.45, 2.75) is 58.1 Å². The number of nitrogens with zero attached hydrogens (tertiary/aromatic N) is 1. The van der Waals surface area contributed by atoms with E-state index >= 15 is 0 Å². The Kier molecular flexibility index (Phi) is 5.54. The summed E-state index contributed by atoms with van der Waals surface area (Å²) in [4.78, 5) is 13.9. The van der Waals surface area contributed by atoms with Crippen LogP contribution in [0.5, 0.6) is 0 Å². The predicted octanol–water partition coefficient (Wildman–Crippen LogP) is 4.66. The number of halogens is 3. The van der Waals surface area contributed by atoms with Gasteiger partial charge in [-0.2, -0.15) is 21.6 Å². The molecule has 0 aromatic heterocycles. The van der Waals surface area contributed by atoms with Gasteiger partial charge in [-0.05, 0) is 57.6 Å². The summed E-state index contributed by atoms with van der Waals surface area (Å²) in [5, 5.41) is 0. The third-order valence-electron chi connectivity index (χ3n) is 5.56. The Hall–Kier alpha value is -1.97. The third kappa shape index (κ3) is 4.24. The highest BCUT2D eigenvalue weighted by atomic mass is 32.2. The van der Waals surface area contributed by atoms with Crippen molar-refractivity contribution < 1.29 is 35.3 Å². The Morgan fingerprint density at radius 2 is 1.80 bits per heavy atom. The normalized spacial score (nSPS) is 24.0. The van der Waals surface area contributed by atoms with Crippen molar-refractivity contribution in [2.75, 3.05) is 13.1 Å². The van der Waals surface area contributed by atoms with Crippen LogP contribution in [-0.2, 0) is 19.0 Å². The van der Waals surface area contributed by atoms with Gasteiger partial charge in [0, 0.05) is 24.1 Å². The van der Waals surface area contributed by atoms with Crippen molar-refractivity contribution in [3.63, 3.8) is 0 Å². The first-order valence-corrected chi connectivity index (χ1v) is 11.2. The van der Waals surface area contributed by atoms with Gasteiger partial charge in [-0.15, -0.1) is 0 Å². The van der Waals surface area contributed by atoms with Crippen molar-refractivity contribution in [2.24, 2.45) is 11.3 Å². The van der Waals surface area contributed by atoms with Gasteiger partial charge in [0.05, 0.1) is 0 Å². The molecular formula is C20H26F3NO5S. The average Bonchev–Trinajstić information content (AvgIpc) is 2.87. The molecule has 1 atom stereocenters. The first kappa shape index (κ1) is 22.7. The highest BCUT2D eigenvalue weighted by Gasteiger charge is 2.52. The van der Waals surface area contributed by atoms with E-state index in [1.54, 1.807) is 25.7 Å². The molecule has 0 radical (unpaired) electrons. The Morgan fingerprint density at radius 1 is 1.20 bits per heavy atom. The summed E-state index contributed by atoms with van der Waals surface area (Å²) in [6.07, 6.45) is 6.26. The summed E-state index contributed by atoms with van der Waals surface area (Å²) in [5.41, 5.74) is -5.54. The molecule has 3 aliphatic rings. The van der Waals surface area contributed by atoms with Crippen molar-refractivity contribution in [3.8, 4) is 0 Å². The number of carbonyl (C=O) groups is 1. The number of hydrogen-bond acceptors (Lipinski definition) is 5. The zero-order valence-electron chi connectivity index (χ0n) is 17.4. The van der Waals surface area contributed by atoms with Gasteiger partial charge in [0.2, 0.25) is 0 Å². The molecule has 1 amide bonds. The van der Waals surface area contributed by atoms with Gasteiger partial charge in [0.15, 0.2) is 0 Å². The van der Waals surface area contributed by atoms with Crippen LogP contribution >= 0.6 is 0 Å². The zero-order chi connectivity index (χ0) is 22.5. The van der Waals surface area contributed by atoms with Crippen LogP contribution in [-0.4, -0.2) is 43.6 Å². The van der Waals surface area contributed by atoms with E-state index in [9.17, 15) is 26.4 Å². The van der Waals surface area contributed by atoms with E-state index < -0.39 is 32.7 Å². The monoisotopic (exact) mass is 449 g/mol. The summed E-state index contributed by atoms with van der Waals surface area (Å²) < 4.78 is 71.9. The van der Waals surface area contributed by atoms with Gasteiger partial charge in [-0.3, -0.25) is 0 Å². The van der Waals surface area contributed by atoms with Crippen molar-refractivity contribution in [1.82, 2.24) is 4.90 Å². The Bertz CT molecular complexity index is 917. The minimum absolute atomic E-state index is 0.178. The molecule has 3 rings (SSSR count). The minimum atomic E-state index is -5.77. The molecular weight excluding hydrogens is 423 g/mol. The first-order chi connectivity index (χ1) is 13.7. The fraction of sp³-hybridized carbons (Fsp3) is 0.650. The lowest BCUT2D eigenvalue weighted by Crippen LogP contribution is -2.45. The molecule has 0 aromatic rings. The number of fused-ring (bicyclic) bond motifs is 1. The molecule has 0 bridgehead atoms. The van der Waals surface area contributed by atoms with Crippen LogP contribution in [0.25, 0.3) is 0 Å². The van der Waals surface area contributed by atoms with E-state index in [2.05, 4.69) is 4.18 Å². The molecule has 1 saturated heterocycles. The fourth-order valence-electron chi connectivity index (χ4n) is 4.14. The largest absolute Gasteiger partial charge is 0.534 e. The van der Waals surface area contributed by atoms with Crippen molar-refractivity contribution in [1.29, 1.82) is 0 Å². The number of allylic oxidation sites excluding steroid dienone is 5. The lowest BCUT2D eigenvalue weighted by atomic mass is 9.71. The van der Waals surface area contributed by atoms with Crippen LogP contribution in [0.3, 0.4) is 0 Å². The molecule has 0 N–H and O–H groups in total. The number of likely N-dealkylation sites (tertiary alicyclic amines) is 1. The van der Waals surface area contributed by atoms with Crippen LogP contribution in [0, 0.1) is 11.3 Å². The second kappa shape index (κ2) is 7.32.